The maximum atomic E-state index is 13.1. The summed E-state index contributed by atoms with van der Waals surface area (Å²) in [4.78, 5) is 19.3. The Morgan fingerprint density at radius 3 is 2.52 bits per heavy atom. The van der Waals surface area contributed by atoms with Crippen LogP contribution >= 0.6 is 0 Å². The van der Waals surface area contributed by atoms with Crippen molar-refractivity contribution in [2.45, 2.75) is 31.9 Å². The van der Waals surface area contributed by atoms with E-state index < -0.39 is 30.9 Å². The minimum absolute atomic E-state index is 0.0685. The molecule has 25 heavy (non-hydrogen) atoms. The van der Waals surface area contributed by atoms with Gasteiger partial charge in [-0.15, -0.1) is 0 Å². The maximum Gasteiger partial charge on any atom is 0.453 e. The lowest BCUT2D eigenvalue weighted by Crippen LogP contribution is -2.36. The molecule has 0 unspecified atom stereocenters. The van der Waals surface area contributed by atoms with Crippen LogP contribution in [-0.2, 0) is 11.2 Å². The number of hydrogen-bond acceptors (Lipinski definition) is 5. The summed E-state index contributed by atoms with van der Waals surface area (Å²) in [5.41, 5.74) is -0.744. The minimum atomic E-state index is -5.69. The zero-order valence-corrected chi connectivity index (χ0v) is 12.8. The lowest BCUT2D eigenvalue weighted by molar-refractivity contribution is -0.284. The van der Waals surface area contributed by atoms with Gasteiger partial charge in [0.1, 0.15) is 6.07 Å². The highest BCUT2D eigenvalue weighted by molar-refractivity contribution is 5.88. The lowest BCUT2D eigenvalue weighted by atomic mass is 10.1. The van der Waals surface area contributed by atoms with Crippen LogP contribution in [0, 0.1) is 11.3 Å². The Balaban J connectivity index is 2.41. The predicted molar refractivity (Wildman–Crippen MR) is 73.0 cm³/mol. The highest BCUT2D eigenvalue weighted by atomic mass is 19.4. The number of carbonyl (C=O) groups is 1. The summed E-state index contributed by atoms with van der Waals surface area (Å²) in [6.07, 6.45) is -5.68. The van der Waals surface area contributed by atoms with Gasteiger partial charge in [-0.25, -0.2) is 14.8 Å². The monoisotopic (exact) mass is 362 g/mol. The minimum Gasteiger partial charge on any atom is -0.461 e. The van der Waals surface area contributed by atoms with E-state index in [1.54, 1.807) is 13.0 Å². The molecule has 0 aliphatic heterocycles. The molecule has 0 amide bonds. The first-order chi connectivity index (χ1) is 11.6. The van der Waals surface area contributed by atoms with Crippen LogP contribution < -0.4 is 0 Å². The van der Waals surface area contributed by atoms with E-state index in [0.29, 0.717) is 0 Å². The van der Waals surface area contributed by atoms with Crippen molar-refractivity contribution in [2.24, 2.45) is 0 Å². The molecule has 0 saturated heterocycles. The molecule has 2 aromatic heterocycles. The number of fused-ring (bicyclic) bond motifs is 1. The van der Waals surface area contributed by atoms with Gasteiger partial charge in [0.15, 0.2) is 17.0 Å². The Hall–Kier alpha value is -2.77. The topological polar surface area (TPSA) is 80.3 Å². The molecule has 134 valence electrons. The van der Waals surface area contributed by atoms with E-state index in [9.17, 15) is 26.7 Å². The second kappa shape index (κ2) is 6.62. The van der Waals surface area contributed by atoms with Crippen molar-refractivity contribution in [3.63, 3.8) is 0 Å². The van der Waals surface area contributed by atoms with Gasteiger partial charge in [0.2, 0.25) is 0 Å². The van der Waals surface area contributed by atoms with Crippen molar-refractivity contribution in [1.29, 1.82) is 5.26 Å². The van der Waals surface area contributed by atoms with Crippen LogP contribution in [0.2, 0.25) is 0 Å². The van der Waals surface area contributed by atoms with Gasteiger partial charge >= 0.3 is 18.1 Å². The average Bonchev–Trinajstić information content (AvgIpc) is 2.95. The molecule has 0 aliphatic carbocycles. The maximum absolute atomic E-state index is 13.1. The van der Waals surface area contributed by atoms with E-state index in [2.05, 4.69) is 9.97 Å². The Morgan fingerprint density at radius 2 is 1.96 bits per heavy atom. The summed E-state index contributed by atoms with van der Waals surface area (Å²) < 4.78 is 69.0. The SMILES string of the molecule is CCOC(=O)c1cn2cc(C#N)nc(CCC(F)(F)C(F)(F)F)c2n1. The molecule has 0 aromatic carbocycles. The van der Waals surface area contributed by atoms with Gasteiger partial charge in [0.05, 0.1) is 12.3 Å². The van der Waals surface area contributed by atoms with Crippen LogP contribution in [-0.4, -0.2) is 39.0 Å². The summed E-state index contributed by atoms with van der Waals surface area (Å²) >= 11 is 0. The number of nitrogens with zero attached hydrogens (tertiary/aromatic N) is 4. The van der Waals surface area contributed by atoms with Crippen molar-refractivity contribution in [3.05, 3.63) is 29.5 Å². The number of imidazole rings is 1. The fourth-order valence-corrected chi connectivity index (χ4v) is 2.00. The molecule has 0 aliphatic rings. The first-order valence-corrected chi connectivity index (χ1v) is 6.99. The van der Waals surface area contributed by atoms with E-state index in [-0.39, 0.29) is 29.3 Å². The largest absolute Gasteiger partial charge is 0.461 e. The Bertz CT molecular complexity index is 838. The quantitative estimate of drug-likeness (QED) is 0.604. The van der Waals surface area contributed by atoms with Crippen LogP contribution in [0.1, 0.15) is 35.2 Å². The van der Waals surface area contributed by atoms with Crippen LogP contribution in [0.25, 0.3) is 5.65 Å². The van der Waals surface area contributed by atoms with E-state index in [4.69, 9.17) is 10.00 Å². The Kier molecular flexibility index (Phi) is 4.92. The third-order valence-electron chi connectivity index (χ3n) is 3.20. The van der Waals surface area contributed by atoms with Gasteiger partial charge in [0, 0.05) is 18.8 Å². The molecule has 11 heteroatoms. The highest BCUT2D eigenvalue weighted by Crippen LogP contribution is 2.38. The molecule has 2 heterocycles. The molecule has 2 rings (SSSR count). The van der Waals surface area contributed by atoms with Crippen molar-refractivity contribution in [2.75, 3.05) is 6.61 Å². The van der Waals surface area contributed by atoms with Crippen LogP contribution in [0.15, 0.2) is 12.4 Å². The molecular formula is C14H11F5N4O2. The lowest BCUT2D eigenvalue weighted by Gasteiger charge is -2.19. The average molecular weight is 362 g/mol. The molecule has 0 atom stereocenters. The zero-order chi connectivity index (χ0) is 18.8. The predicted octanol–water partition coefficient (Wildman–Crippen LogP) is 2.91. The molecule has 0 spiro atoms. The second-order valence-corrected chi connectivity index (χ2v) is 4.96. The number of aryl methyl sites for hydroxylation is 1. The molecular weight excluding hydrogens is 351 g/mol. The summed E-state index contributed by atoms with van der Waals surface area (Å²) in [5, 5.41) is 8.91. The number of halogens is 5. The fraction of sp³-hybridized carbons (Fsp3) is 0.429. The standard InChI is InChI=1S/C14H11F5N4O2/c1-2-25-12(24)10-7-23-6-8(5-20)21-9(11(23)22-10)3-4-13(15,16)14(17,18)19/h6-7H,2-4H2,1H3. The fourth-order valence-electron chi connectivity index (χ4n) is 2.00. The van der Waals surface area contributed by atoms with E-state index in [1.807, 2.05) is 0 Å². The zero-order valence-electron chi connectivity index (χ0n) is 12.8. The Labute approximate surface area is 137 Å². The summed E-state index contributed by atoms with van der Waals surface area (Å²) in [6, 6.07) is 1.66. The van der Waals surface area contributed by atoms with Gasteiger partial charge in [-0.1, -0.05) is 0 Å². The van der Waals surface area contributed by atoms with Gasteiger partial charge < -0.3 is 9.14 Å². The van der Waals surface area contributed by atoms with Crippen molar-refractivity contribution in [3.8, 4) is 6.07 Å². The highest BCUT2D eigenvalue weighted by Gasteiger charge is 2.56. The van der Waals surface area contributed by atoms with E-state index in [0.717, 1.165) is 0 Å². The molecule has 2 aromatic rings. The van der Waals surface area contributed by atoms with Crippen LogP contribution in [0.5, 0.6) is 0 Å². The molecule has 0 N–H and O–H groups in total. The van der Waals surface area contributed by atoms with Gasteiger partial charge in [-0.2, -0.15) is 27.2 Å². The third kappa shape index (κ3) is 3.84. The number of rotatable bonds is 5. The van der Waals surface area contributed by atoms with Crippen LogP contribution in [0.4, 0.5) is 22.0 Å². The molecule has 6 nitrogen and oxygen atoms in total. The number of ether oxygens (including phenoxy) is 1. The molecule has 0 radical (unpaired) electrons. The smallest absolute Gasteiger partial charge is 0.453 e. The van der Waals surface area contributed by atoms with Crippen molar-refractivity contribution < 1.29 is 31.5 Å². The van der Waals surface area contributed by atoms with Gasteiger partial charge in [-0.3, -0.25) is 0 Å². The Morgan fingerprint density at radius 1 is 1.28 bits per heavy atom. The number of nitriles is 1. The van der Waals surface area contributed by atoms with Crippen molar-refractivity contribution >= 4 is 11.6 Å². The first-order valence-electron chi connectivity index (χ1n) is 6.99. The van der Waals surface area contributed by atoms with Gasteiger partial charge in [-0.05, 0) is 13.3 Å². The number of hydrogen-bond donors (Lipinski definition) is 0. The first kappa shape index (κ1) is 18.6. The van der Waals surface area contributed by atoms with Crippen LogP contribution in [0.3, 0.4) is 0 Å². The number of alkyl halides is 5. The van der Waals surface area contributed by atoms with E-state index >= 15 is 0 Å². The number of aromatic nitrogens is 3. The number of carbonyl (C=O) groups excluding carboxylic acids is 1. The third-order valence-corrected chi connectivity index (χ3v) is 3.20. The molecule has 0 saturated carbocycles. The van der Waals surface area contributed by atoms with E-state index in [1.165, 1.54) is 16.8 Å². The molecule has 0 bridgehead atoms. The second-order valence-electron chi connectivity index (χ2n) is 4.96. The summed E-state index contributed by atoms with van der Waals surface area (Å²) in [5.74, 6) is -5.71. The summed E-state index contributed by atoms with van der Waals surface area (Å²) in [6.45, 7) is 1.63. The van der Waals surface area contributed by atoms with Crippen molar-refractivity contribution in [1.82, 2.24) is 14.4 Å². The summed E-state index contributed by atoms with van der Waals surface area (Å²) in [7, 11) is 0. The normalized spacial score (nSPS) is 12.2. The van der Waals surface area contributed by atoms with Gasteiger partial charge in [0.25, 0.3) is 0 Å². The molecule has 0 fully saturated rings. The number of esters is 1.